The van der Waals surface area contributed by atoms with Gasteiger partial charge in [-0.3, -0.25) is 0 Å². The zero-order valence-corrected chi connectivity index (χ0v) is 23.5. The lowest BCUT2D eigenvalue weighted by Gasteiger charge is -2.39. The molecule has 0 fully saturated rings. The molecular weight excluding hydrogens is 543 g/mol. The Morgan fingerprint density at radius 3 is 1.95 bits per heavy atom. The average molecular weight is 562 g/mol. The summed E-state index contributed by atoms with van der Waals surface area (Å²) in [7, 11) is 0. The van der Waals surface area contributed by atoms with Gasteiger partial charge in [0.2, 0.25) is 0 Å². The van der Waals surface area contributed by atoms with Gasteiger partial charge >= 0.3 is 0 Å². The number of para-hydroxylation sites is 2. The van der Waals surface area contributed by atoms with E-state index in [-0.39, 0.29) is 0 Å². The van der Waals surface area contributed by atoms with Crippen LogP contribution in [0.4, 0.5) is 0 Å². The van der Waals surface area contributed by atoms with Crippen LogP contribution < -0.4 is 0 Å². The molecule has 0 bridgehead atoms. The van der Waals surface area contributed by atoms with Crippen LogP contribution in [0.15, 0.2) is 115 Å². The van der Waals surface area contributed by atoms with Crippen molar-refractivity contribution in [2.24, 2.45) is 0 Å². The smallest absolute Gasteiger partial charge is 0.0991 e. The molecule has 6 aromatic carbocycles. The van der Waals surface area contributed by atoms with Gasteiger partial charge in [-0.05, 0) is 75.8 Å². The molecule has 1 aliphatic heterocycles. The van der Waals surface area contributed by atoms with Crippen molar-refractivity contribution in [2.45, 2.75) is 5.41 Å². The molecule has 0 unspecified atom stereocenters. The number of fused-ring (bicyclic) bond motifs is 16. The molecule has 2 aromatic heterocycles. The van der Waals surface area contributed by atoms with E-state index >= 15 is 0 Å². The Hall–Kier alpha value is -5.68. The molecular formula is C39H19N3S. The molecule has 2 aliphatic rings. The quantitative estimate of drug-likeness (QED) is 0.185. The van der Waals surface area contributed by atoms with E-state index in [0.29, 0.717) is 11.1 Å². The van der Waals surface area contributed by atoms with Gasteiger partial charge in [0, 0.05) is 30.9 Å². The van der Waals surface area contributed by atoms with Crippen LogP contribution in [0.25, 0.3) is 58.8 Å². The number of hydrogen-bond donors (Lipinski definition) is 0. The highest BCUT2D eigenvalue weighted by molar-refractivity contribution is 7.26. The molecule has 0 radical (unpaired) electrons. The maximum atomic E-state index is 10.0. The number of benzene rings is 6. The molecule has 1 spiro atoms. The van der Waals surface area contributed by atoms with Crippen LogP contribution in [0.1, 0.15) is 33.4 Å². The molecule has 3 heterocycles. The lowest BCUT2D eigenvalue weighted by molar-refractivity contribution is 0.748. The summed E-state index contributed by atoms with van der Waals surface area (Å²) < 4.78 is 5.05. The molecule has 0 N–H and O–H groups in total. The summed E-state index contributed by atoms with van der Waals surface area (Å²) in [5, 5.41) is 25.1. The predicted molar refractivity (Wildman–Crippen MR) is 174 cm³/mol. The molecule has 10 rings (SSSR count). The van der Waals surface area contributed by atoms with E-state index in [1.165, 1.54) is 47.5 Å². The fourth-order valence-electron chi connectivity index (χ4n) is 8.08. The van der Waals surface area contributed by atoms with Gasteiger partial charge in [0.25, 0.3) is 0 Å². The van der Waals surface area contributed by atoms with Crippen LogP contribution in [0.2, 0.25) is 0 Å². The Bertz CT molecular complexity index is 2590. The highest BCUT2D eigenvalue weighted by atomic mass is 32.1. The van der Waals surface area contributed by atoms with Crippen LogP contribution in [-0.4, -0.2) is 4.57 Å². The summed E-state index contributed by atoms with van der Waals surface area (Å²) >= 11 is 1.84. The average Bonchev–Trinajstić information content (AvgIpc) is 3.70. The van der Waals surface area contributed by atoms with E-state index < -0.39 is 5.41 Å². The summed E-state index contributed by atoms with van der Waals surface area (Å²) in [6, 6.07) is 45.6. The highest BCUT2D eigenvalue weighted by Gasteiger charge is 2.51. The lowest BCUT2D eigenvalue weighted by Crippen LogP contribution is -2.33. The minimum atomic E-state index is -0.680. The van der Waals surface area contributed by atoms with Crippen LogP contribution in [0, 0.1) is 22.7 Å². The number of rotatable bonds is 0. The maximum Gasteiger partial charge on any atom is 0.0991 e. The first-order valence-electron chi connectivity index (χ1n) is 14.3. The summed E-state index contributed by atoms with van der Waals surface area (Å²) in [4.78, 5) is 0. The first kappa shape index (κ1) is 22.9. The van der Waals surface area contributed by atoms with E-state index in [1.54, 1.807) is 0 Å². The molecule has 43 heavy (non-hydrogen) atoms. The fraction of sp³-hybridized carbons (Fsp3) is 0.0256. The van der Waals surface area contributed by atoms with Crippen LogP contribution in [0.3, 0.4) is 0 Å². The number of aromatic nitrogens is 1. The van der Waals surface area contributed by atoms with Gasteiger partial charge in [-0.15, -0.1) is 11.3 Å². The van der Waals surface area contributed by atoms with Crippen molar-refractivity contribution in [2.75, 3.05) is 0 Å². The molecule has 0 saturated carbocycles. The Kier molecular flexibility index (Phi) is 4.15. The van der Waals surface area contributed by atoms with Crippen LogP contribution in [-0.2, 0) is 5.41 Å². The largest absolute Gasteiger partial charge is 0.308 e. The van der Waals surface area contributed by atoms with Gasteiger partial charge in [-0.1, -0.05) is 72.8 Å². The molecule has 196 valence electrons. The van der Waals surface area contributed by atoms with E-state index in [9.17, 15) is 10.5 Å². The van der Waals surface area contributed by atoms with Crippen molar-refractivity contribution < 1.29 is 0 Å². The minimum Gasteiger partial charge on any atom is -0.308 e. The van der Waals surface area contributed by atoms with Gasteiger partial charge in [0.1, 0.15) is 0 Å². The van der Waals surface area contributed by atoms with Gasteiger partial charge < -0.3 is 4.57 Å². The van der Waals surface area contributed by atoms with E-state index in [1.807, 2.05) is 23.5 Å². The summed E-state index contributed by atoms with van der Waals surface area (Å²) in [6.45, 7) is 0. The van der Waals surface area contributed by atoms with Crippen molar-refractivity contribution in [3.05, 3.63) is 149 Å². The zero-order chi connectivity index (χ0) is 28.4. The SMILES string of the molecule is N#Cc1ccc2c(c1)C1(c3cc(C#N)ccc3-2)c2ccccc2-n2c3c1cccc3c1ccc3sc4ccccc4c3c12. The Balaban J connectivity index is 1.50. The second-order valence-corrected chi connectivity index (χ2v) is 12.6. The summed E-state index contributed by atoms with van der Waals surface area (Å²) in [6.07, 6.45) is 0. The summed E-state index contributed by atoms with van der Waals surface area (Å²) in [5.74, 6) is 0. The van der Waals surface area contributed by atoms with E-state index in [0.717, 1.165) is 33.5 Å². The molecule has 8 aromatic rings. The molecule has 1 aliphatic carbocycles. The highest BCUT2D eigenvalue weighted by Crippen LogP contribution is 2.61. The molecule has 0 saturated heterocycles. The second kappa shape index (κ2) is 7.78. The Morgan fingerprint density at radius 1 is 0.535 bits per heavy atom. The third-order valence-corrected chi connectivity index (χ3v) is 10.8. The normalized spacial score (nSPS) is 13.7. The standard InChI is InChI=1S/C39H19N3S/c40-20-22-12-14-24-25-15-13-23(21-41)19-32(25)39(31(24)18-22)29-8-2-3-10-33(29)42-37-26(7-5-9-30(37)39)27-16-17-35-36(38(27)42)28-6-1-4-11-34(28)43-35/h1-19H. The number of nitriles is 2. The first-order valence-corrected chi connectivity index (χ1v) is 15.1. The number of thiophene rings is 1. The van der Waals surface area contributed by atoms with Crippen LogP contribution in [0.5, 0.6) is 0 Å². The van der Waals surface area contributed by atoms with Gasteiger partial charge in [0.15, 0.2) is 0 Å². The second-order valence-electron chi connectivity index (χ2n) is 11.5. The molecule has 4 heteroatoms. The minimum absolute atomic E-state index is 0.633. The van der Waals surface area contributed by atoms with Crippen molar-refractivity contribution in [3.8, 4) is 29.0 Å². The first-order chi connectivity index (χ1) is 21.2. The summed E-state index contributed by atoms with van der Waals surface area (Å²) in [5.41, 5.74) is 10.9. The third kappa shape index (κ3) is 2.56. The number of nitrogens with zero attached hydrogens (tertiary/aromatic N) is 3. The monoisotopic (exact) mass is 561 g/mol. The van der Waals surface area contributed by atoms with E-state index in [2.05, 4.69) is 120 Å². The predicted octanol–water partition coefficient (Wildman–Crippen LogP) is 9.57. The third-order valence-electron chi connectivity index (χ3n) is 9.64. The van der Waals surface area contributed by atoms with Crippen molar-refractivity contribution in [1.29, 1.82) is 10.5 Å². The lowest BCUT2D eigenvalue weighted by atomic mass is 9.65. The maximum absolute atomic E-state index is 10.0. The molecule has 3 nitrogen and oxygen atoms in total. The fourth-order valence-corrected chi connectivity index (χ4v) is 9.19. The van der Waals surface area contributed by atoms with Crippen molar-refractivity contribution in [1.82, 2.24) is 4.57 Å². The topological polar surface area (TPSA) is 52.5 Å². The van der Waals surface area contributed by atoms with Gasteiger partial charge in [-0.25, -0.2) is 0 Å². The van der Waals surface area contributed by atoms with Crippen LogP contribution >= 0.6 is 11.3 Å². The zero-order valence-electron chi connectivity index (χ0n) is 22.7. The van der Waals surface area contributed by atoms with E-state index in [4.69, 9.17) is 0 Å². The van der Waals surface area contributed by atoms with Gasteiger partial charge in [-0.2, -0.15) is 10.5 Å². The van der Waals surface area contributed by atoms with Crippen molar-refractivity contribution in [3.63, 3.8) is 0 Å². The molecule has 0 atom stereocenters. The number of hydrogen-bond acceptors (Lipinski definition) is 3. The Labute approximate surface area is 250 Å². The Morgan fingerprint density at radius 2 is 1.19 bits per heavy atom. The molecule has 0 amide bonds. The van der Waals surface area contributed by atoms with Gasteiger partial charge in [0.05, 0.1) is 45.4 Å². The van der Waals surface area contributed by atoms with Crippen molar-refractivity contribution >= 4 is 53.3 Å².